The number of carbonyl (C=O) groups is 1. The number of hydrogen-bond donors (Lipinski definition) is 1. The van der Waals surface area contributed by atoms with Crippen LogP contribution in [0.1, 0.15) is 36.9 Å². The van der Waals surface area contributed by atoms with Crippen LogP contribution in [0.2, 0.25) is 0 Å². The zero-order valence-corrected chi connectivity index (χ0v) is 13.4. The van der Waals surface area contributed by atoms with E-state index in [9.17, 15) is 4.79 Å². The van der Waals surface area contributed by atoms with Crippen LogP contribution in [0.5, 0.6) is 0 Å². The molecule has 1 saturated carbocycles. The largest absolute Gasteiger partial charge is 0.338 e. The second-order valence-electron chi connectivity index (χ2n) is 5.67. The van der Waals surface area contributed by atoms with Gasteiger partial charge in [-0.05, 0) is 44.7 Å². The second kappa shape index (κ2) is 7.65. The molecule has 20 heavy (non-hydrogen) atoms. The predicted molar refractivity (Wildman–Crippen MR) is 85.2 cm³/mol. The molecule has 1 aromatic carbocycles. The van der Waals surface area contributed by atoms with Crippen molar-refractivity contribution in [3.63, 3.8) is 0 Å². The van der Waals surface area contributed by atoms with E-state index >= 15 is 0 Å². The standard InChI is InChI=1S/C16H24N2O.ClH/c1-12-4-8-15(9-5-12)13(2)18(3)16(19)11-17-10-14-6-7-14;/h4-5,8-9,13-14,17H,6-7,10-11H2,1-3H3;1H. The monoisotopic (exact) mass is 296 g/mol. The molecule has 1 aliphatic rings. The molecule has 112 valence electrons. The number of rotatable bonds is 6. The topological polar surface area (TPSA) is 32.3 Å². The van der Waals surface area contributed by atoms with Crippen LogP contribution in [-0.2, 0) is 4.79 Å². The Hall–Kier alpha value is -1.06. The fraction of sp³-hybridized carbons (Fsp3) is 0.562. The van der Waals surface area contributed by atoms with E-state index in [2.05, 4.69) is 43.4 Å². The molecule has 1 unspecified atom stereocenters. The Bertz CT molecular complexity index is 429. The average molecular weight is 297 g/mol. The normalized spacial score (nSPS) is 15.3. The molecule has 4 heteroatoms. The summed E-state index contributed by atoms with van der Waals surface area (Å²) in [5, 5.41) is 3.25. The zero-order chi connectivity index (χ0) is 13.8. The SMILES string of the molecule is Cc1ccc(C(C)N(C)C(=O)CNCC2CC2)cc1.Cl. The minimum absolute atomic E-state index is 0. The van der Waals surface area contributed by atoms with Gasteiger partial charge in [-0.3, -0.25) is 4.79 Å². The Balaban J connectivity index is 0.00000200. The molecule has 0 aliphatic heterocycles. The van der Waals surface area contributed by atoms with Crippen LogP contribution in [-0.4, -0.2) is 30.9 Å². The molecule has 1 amide bonds. The summed E-state index contributed by atoms with van der Waals surface area (Å²) in [6.45, 7) is 5.58. The molecule has 1 atom stereocenters. The van der Waals surface area contributed by atoms with Gasteiger partial charge in [-0.25, -0.2) is 0 Å². The van der Waals surface area contributed by atoms with Gasteiger partial charge in [-0.2, -0.15) is 0 Å². The summed E-state index contributed by atoms with van der Waals surface area (Å²) in [5.41, 5.74) is 2.43. The van der Waals surface area contributed by atoms with Crippen LogP contribution in [0.4, 0.5) is 0 Å². The fourth-order valence-corrected chi connectivity index (χ4v) is 2.11. The van der Waals surface area contributed by atoms with Crippen molar-refractivity contribution in [2.45, 2.75) is 32.7 Å². The van der Waals surface area contributed by atoms with Crippen molar-refractivity contribution in [1.29, 1.82) is 0 Å². The molecule has 1 N–H and O–H groups in total. The number of nitrogens with one attached hydrogen (secondary N) is 1. The lowest BCUT2D eigenvalue weighted by Crippen LogP contribution is -2.37. The van der Waals surface area contributed by atoms with Gasteiger partial charge in [0.05, 0.1) is 12.6 Å². The molecule has 1 fully saturated rings. The van der Waals surface area contributed by atoms with Crippen LogP contribution in [0.25, 0.3) is 0 Å². The summed E-state index contributed by atoms with van der Waals surface area (Å²) < 4.78 is 0. The molecule has 1 aromatic rings. The smallest absolute Gasteiger partial charge is 0.236 e. The van der Waals surface area contributed by atoms with Crippen LogP contribution in [0.3, 0.4) is 0 Å². The first-order chi connectivity index (χ1) is 9.08. The minimum Gasteiger partial charge on any atom is -0.338 e. The molecule has 0 spiro atoms. The van der Waals surface area contributed by atoms with Crippen molar-refractivity contribution in [3.8, 4) is 0 Å². The number of amides is 1. The summed E-state index contributed by atoms with van der Waals surface area (Å²) >= 11 is 0. The van der Waals surface area contributed by atoms with Crippen LogP contribution >= 0.6 is 12.4 Å². The van der Waals surface area contributed by atoms with Crippen molar-refractivity contribution in [2.24, 2.45) is 5.92 Å². The molecular weight excluding hydrogens is 272 g/mol. The molecule has 0 bridgehead atoms. The number of carbonyl (C=O) groups excluding carboxylic acids is 1. The maximum atomic E-state index is 12.1. The van der Waals surface area contributed by atoms with Crippen LogP contribution < -0.4 is 5.32 Å². The lowest BCUT2D eigenvalue weighted by atomic mass is 10.1. The molecule has 0 heterocycles. The number of benzene rings is 1. The van der Waals surface area contributed by atoms with E-state index in [1.165, 1.54) is 24.0 Å². The molecule has 1 aliphatic carbocycles. The van der Waals surface area contributed by atoms with Gasteiger partial charge in [0, 0.05) is 7.05 Å². The Morgan fingerprint density at radius 1 is 1.35 bits per heavy atom. The fourth-order valence-electron chi connectivity index (χ4n) is 2.11. The van der Waals surface area contributed by atoms with E-state index < -0.39 is 0 Å². The highest BCUT2D eigenvalue weighted by Crippen LogP contribution is 2.27. The van der Waals surface area contributed by atoms with E-state index in [-0.39, 0.29) is 24.4 Å². The third-order valence-corrected chi connectivity index (χ3v) is 3.94. The highest BCUT2D eigenvalue weighted by atomic mass is 35.5. The zero-order valence-electron chi connectivity index (χ0n) is 12.6. The lowest BCUT2D eigenvalue weighted by Gasteiger charge is -2.25. The maximum Gasteiger partial charge on any atom is 0.236 e. The molecule has 0 aromatic heterocycles. The maximum absolute atomic E-state index is 12.1. The summed E-state index contributed by atoms with van der Waals surface area (Å²) in [4.78, 5) is 13.9. The van der Waals surface area contributed by atoms with Crippen LogP contribution in [0, 0.1) is 12.8 Å². The third kappa shape index (κ3) is 4.80. The first-order valence-corrected chi connectivity index (χ1v) is 7.11. The minimum atomic E-state index is 0. The highest BCUT2D eigenvalue weighted by molar-refractivity contribution is 5.85. The molecule has 3 nitrogen and oxygen atoms in total. The number of likely N-dealkylation sites (N-methyl/N-ethyl adjacent to an activating group) is 1. The third-order valence-electron chi connectivity index (χ3n) is 3.94. The summed E-state index contributed by atoms with van der Waals surface area (Å²) in [6.07, 6.45) is 2.63. The van der Waals surface area contributed by atoms with E-state index in [0.717, 1.165) is 12.5 Å². The molecule has 2 rings (SSSR count). The Labute approximate surface area is 128 Å². The van der Waals surface area contributed by atoms with Gasteiger partial charge < -0.3 is 10.2 Å². The van der Waals surface area contributed by atoms with Gasteiger partial charge in [0.25, 0.3) is 0 Å². The molecule has 0 saturated heterocycles. The van der Waals surface area contributed by atoms with Gasteiger partial charge in [-0.15, -0.1) is 12.4 Å². The van der Waals surface area contributed by atoms with Gasteiger partial charge >= 0.3 is 0 Å². The Morgan fingerprint density at radius 3 is 2.50 bits per heavy atom. The van der Waals surface area contributed by atoms with Crippen molar-refractivity contribution in [3.05, 3.63) is 35.4 Å². The average Bonchev–Trinajstić information content (AvgIpc) is 3.22. The predicted octanol–water partition coefficient (Wildman–Crippen LogP) is 2.94. The van der Waals surface area contributed by atoms with E-state index in [4.69, 9.17) is 0 Å². The van der Waals surface area contributed by atoms with Crippen molar-refractivity contribution in [2.75, 3.05) is 20.1 Å². The van der Waals surface area contributed by atoms with E-state index in [1.54, 1.807) is 0 Å². The number of nitrogens with zero attached hydrogens (tertiary/aromatic N) is 1. The Morgan fingerprint density at radius 2 is 1.95 bits per heavy atom. The first kappa shape index (κ1) is 17.0. The first-order valence-electron chi connectivity index (χ1n) is 7.11. The summed E-state index contributed by atoms with van der Waals surface area (Å²) in [7, 11) is 1.88. The summed E-state index contributed by atoms with van der Waals surface area (Å²) in [5.74, 6) is 0.973. The highest BCUT2D eigenvalue weighted by Gasteiger charge is 2.22. The van der Waals surface area contributed by atoms with Gasteiger partial charge in [-0.1, -0.05) is 29.8 Å². The molecule has 0 radical (unpaired) electrons. The second-order valence-corrected chi connectivity index (χ2v) is 5.67. The quantitative estimate of drug-likeness (QED) is 0.875. The Kier molecular flexibility index (Phi) is 6.50. The van der Waals surface area contributed by atoms with Gasteiger partial charge in [0.15, 0.2) is 0 Å². The van der Waals surface area contributed by atoms with Crippen LogP contribution in [0.15, 0.2) is 24.3 Å². The van der Waals surface area contributed by atoms with Gasteiger partial charge in [0.1, 0.15) is 0 Å². The lowest BCUT2D eigenvalue weighted by molar-refractivity contribution is -0.130. The van der Waals surface area contributed by atoms with Crippen molar-refractivity contribution >= 4 is 18.3 Å². The van der Waals surface area contributed by atoms with E-state index in [1.807, 2.05) is 11.9 Å². The summed E-state index contributed by atoms with van der Waals surface area (Å²) in [6, 6.07) is 8.50. The number of halogens is 1. The van der Waals surface area contributed by atoms with Crippen molar-refractivity contribution in [1.82, 2.24) is 10.2 Å². The number of hydrogen-bond acceptors (Lipinski definition) is 2. The number of aryl methyl sites for hydroxylation is 1. The van der Waals surface area contributed by atoms with Gasteiger partial charge in [0.2, 0.25) is 5.91 Å². The van der Waals surface area contributed by atoms with E-state index in [0.29, 0.717) is 6.54 Å². The van der Waals surface area contributed by atoms with Crippen molar-refractivity contribution < 1.29 is 4.79 Å². The molecular formula is C16H25ClN2O.